The summed E-state index contributed by atoms with van der Waals surface area (Å²) in [6, 6.07) is 10.4. The number of nitrogens with one attached hydrogen (secondary N) is 1. The lowest BCUT2D eigenvalue weighted by Crippen LogP contribution is -2.52. The molecule has 120 valence electrons. The molecular weight excluding hydrogens is 284 g/mol. The van der Waals surface area contributed by atoms with E-state index < -0.39 is 0 Å². The fourth-order valence-electron chi connectivity index (χ4n) is 5.00. The smallest absolute Gasteiger partial charge is 0.235 e. The number of rotatable bonds is 1. The molecular formula is C20H25N2O+. The molecule has 0 aliphatic heterocycles. The number of para-hydroxylation sites is 1. The van der Waals surface area contributed by atoms with Crippen LogP contribution < -0.4 is 4.68 Å². The van der Waals surface area contributed by atoms with Crippen molar-refractivity contribution in [3.05, 3.63) is 47.8 Å². The van der Waals surface area contributed by atoms with Crippen molar-refractivity contribution in [1.29, 1.82) is 0 Å². The van der Waals surface area contributed by atoms with Crippen LogP contribution in [0.5, 0.6) is 0 Å². The van der Waals surface area contributed by atoms with Gasteiger partial charge in [0.05, 0.1) is 5.69 Å². The van der Waals surface area contributed by atoms with Crippen LogP contribution in [0.1, 0.15) is 51.3 Å². The molecule has 1 fully saturated rings. The lowest BCUT2D eigenvalue weighted by Gasteiger charge is -2.51. The predicted octanol–water partition coefficient (Wildman–Crippen LogP) is 3.50. The number of carbonyl (C=O) groups excluding carboxylic acids is 1. The van der Waals surface area contributed by atoms with Crippen molar-refractivity contribution in [2.75, 3.05) is 0 Å². The number of H-pyrrole nitrogens is 1. The van der Waals surface area contributed by atoms with E-state index in [9.17, 15) is 4.79 Å². The van der Waals surface area contributed by atoms with Gasteiger partial charge in [0.25, 0.3) is 0 Å². The first-order valence-corrected chi connectivity index (χ1v) is 8.66. The van der Waals surface area contributed by atoms with E-state index in [0.717, 1.165) is 24.9 Å². The van der Waals surface area contributed by atoms with Crippen LogP contribution >= 0.6 is 0 Å². The topological polar surface area (TPSA) is 36.7 Å². The number of ketones is 1. The largest absolute Gasteiger partial charge is 0.299 e. The van der Waals surface area contributed by atoms with Gasteiger partial charge in [-0.15, -0.1) is 0 Å². The Hall–Kier alpha value is -1.90. The SMILES string of the molecule is CC1(C)C(=O)CC[C@]2(C)c3[nH][n+](-c4ccccc4)cc3CC[C@@H]12. The summed E-state index contributed by atoms with van der Waals surface area (Å²) >= 11 is 0. The molecule has 2 aromatic rings. The van der Waals surface area contributed by atoms with E-state index in [1.165, 1.54) is 11.3 Å². The molecule has 1 N–H and O–H groups in total. The number of aryl methyl sites for hydroxylation is 1. The Morgan fingerprint density at radius 1 is 1.13 bits per heavy atom. The third kappa shape index (κ3) is 2.02. The summed E-state index contributed by atoms with van der Waals surface area (Å²) in [5, 5.41) is 3.65. The zero-order valence-electron chi connectivity index (χ0n) is 14.2. The third-order valence-electron chi connectivity index (χ3n) is 6.38. The van der Waals surface area contributed by atoms with Crippen molar-refractivity contribution in [2.45, 2.75) is 51.9 Å². The molecule has 23 heavy (non-hydrogen) atoms. The lowest BCUT2D eigenvalue weighted by atomic mass is 9.51. The van der Waals surface area contributed by atoms with Gasteiger partial charge in [0, 0.05) is 34.9 Å². The van der Waals surface area contributed by atoms with Gasteiger partial charge in [0.15, 0.2) is 0 Å². The van der Waals surface area contributed by atoms with E-state index in [0.29, 0.717) is 18.1 Å². The minimum Gasteiger partial charge on any atom is -0.299 e. The number of hydrogen-bond acceptors (Lipinski definition) is 1. The van der Waals surface area contributed by atoms with Gasteiger partial charge in [-0.05, 0) is 25.2 Å². The summed E-state index contributed by atoms with van der Waals surface area (Å²) in [4.78, 5) is 12.4. The van der Waals surface area contributed by atoms with Crippen LogP contribution in [-0.2, 0) is 16.6 Å². The van der Waals surface area contributed by atoms with Crippen LogP contribution in [0.25, 0.3) is 5.69 Å². The second-order valence-electron chi connectivity index (χ2n) is 8.00. The van der Waals surface area contributed by atoms with Crippen molar-refractivity contribution in [3.8, 4) is 5.69 Å². The lowest BCUT2D eigenvalue weighted by molar-refractivity contribution is -0.656. The van der Waals surface area contributed by atoms with E-state index in [2.05, 4.69) is 61.0 Å². The number of nitrogens with zero attached hydrogens (tertiary/aromatic N) is 1. The predicted molar refractivity (Wildman–Crippen MR) is 89.5 cm³/mol. The van der Waals surface area contributed by atoms with Gasteiger partial charge < -0.3 is 0 Å². The molecule has 4 rings (SSSR count). The zero-order valence-corrected chi connectivity index (χ0v) is 14.2. The van der Waals surface area contributed by atoms with Crippen LogP contribution in [0, 0.1) is 11.3 Å². The van der Waals surface area contributed by atoms with Gasteiger partial charge in [-0.2, -0.15) is 5.10 Å². The molecule has 1 aromatic heterocycles. The number of Topliss-reactive ketones (excluding diaryl/α,β-unsaturated/α-hetero) is 1. The standard InChI is InChI=1S/C20H24N2O/c1-19(2)16-10-9-14-13-22(15-7-5-4-6-8-15)21-18(14)20(16,3)12-11-17(19)23/h4-8,13,16H,9-12H2,1-3H3/p+1/t16-,20-/m0/s1. The van der Waals surface area contributed by atoms with Crippen molar-refractivity contribution >= 4 is 5.78 Å². The summed E-state index contributed by atoms with van der Waals surface area (Å²) in [5.74, 6) is 0.859. The van der Waals surface area contributed by atoms with Crippen LogP contribution in [0.3, 0.4) is 0 Å². The first-order valence-electron chi connectivity index (χ1n) is 8.66. The monoisotopic (exact) mass is 309 g/mol. The average Bonchev–Trinajstić information content (AvgIpc) is 2.98. The molecule has 0 bridgehead atoms. The number of benzene rings is 1. The van der Waals surface area contributed by atoms with E-state index >= 15 is 0 Å². The highest BCUT2D eigenvalue weighted by Crippen LogP contribution is 2.55. The van der Waals surface area contributed by atoms with E-state index in [4.69, 9.17) is 0 Å². The molecule has 2 aliphatic carbocycles. The summed E-state index contributed by atoms with van der Waals surface area (Å²) in [6.07, 6.45) is 6.07. The first kappa shape index (κ1) is 14.7. The average molecular weight is 309 g/mol. The number of aromatic nitrogens is 2. The highest BCUT2D eigenvalue weighted by molar-refractivity contribution is 5.86. The molecule has 0 unspecified atom stereocenters. The molecule has 1 heterocycles. The highest BCUT2D eigenvalue weighted by Gasteiger charge is 2.55. The van der Waals surface area contributed by atoms with Crippen LogP contribution in [0.4, 0.5) is 0 Å². The molecule has 0 saturated heterocycles. The van der Waals surface area contributed by atoms with Crippen molar-refractivity contribution in [1.82, 2.24) is 5.10 Å². The summed E-state index contributed by atoms with van der Waals surface area (Å²) in [6.45, 7) is 6.66. The second-order valence-corrected chi connectivity index (χ2v) is 8.00. The van der Waals surface area contributed by atoms with Gasteiger partial charge in [-0.25, -0.2) is 0 Å². The minimum atomic E-state index is -0.215. The molecule has 0 amide bonds. The Balaban J connectivity index is 1.81. The molecule has 3 heteroatoms. The number of aromatic amines is 1. The number of hydrogen-bond donors (Lipinski definition) is 1. The van der Waals surface area contributed by atoms with Crippen molar-refractivity contribution in [3.63, 3.8) is 0 Å². The summed E-state index contributed by atoms with van der Waals surface area (Å²) < 4.78 is 2.14. The molecule has 1 aromatic carbocycles. The van der Waals surface area contributed by atoms with Crippen molar-refractivity contribution in [2.24, 2.45) is 11.3 Å². The molecule has 0 spiro atoms. The normalized spacial score (nSPS) is 29.0. The Labute approximate surface area is 137 Å². The van der Waals surface area contributed by atoms with E-state index in [1.807, 2.05) is 6.07 Å². The highest BCUT2D eigenvalue weighted by atomic mass is 16.1. The Morgan fingerprint density at radius 2 is 1.87 bits per heavy atom. The van der Waals surface area contributed by atoms with Crippen LogP contribution in [0.2, 0.25) is 0 Å². The summed E-state index contributed by atoms with van der Waals surface area (Å²) in [7, 11) is 0. The number of carbonyl (C=O) groups is 1. The summed E-state index contributed by atoms with van der Waals surface area (Å²) in [5.41, 5.74) is 3.78. The van der Waals surface area contributed by atoms with Gasteiger partial charge >= 0.3 is 0 Å². The maximum atomic E-state index is 12.4. The fraction of sp³-hybridized carbons (Fsp3) is 0.500. The Morgan fingerprint density at radius 3 is 2.61 bits per heavy atom. The van der Waals surface area contributed by atoms with Gasteiger partial charge in [0.2, 0.25) is 11.9 Å². The molecule has 1 saturated carbocycles. The molecule has 2 aliphatic rings. The van der Waals surface area contributed by atoms with Gasteiger partial charge in [-0.1, -0.05) is 43.7 Å². The minimum absolute atomic E-state index is 0.0744. The van der Waals surface area contributed by atoms with E-state index in [1.54, 1.807) is 0 Å². The maximum absolute atomic E-state index is 12.4. The van der Waals surface area contributed by atoms with E-state index in [-0.39, 0.29) is 10.8 Å². The van der Waals surface area contributed by atoms with Crippen LogP contribution in [0.15, 0.2) is 36.5 Å². The quantitative estimate of drug-likeness (QED) is 0.804. The maximum Gasteiger partial charge on any atom is 0.235 e. The Bertz CT molecular complexity index is 759. The van der Waals surface area contributed by atoms with Crippen LogP contribution in [-0.4, -0.2) is 10.9 Å². The number of fused-ring (bicyclic) bond motifs is 3. The van der Waals surface area contributed by atoms with Crippen molar-refractivity contribution < 1.29 is 9.48 Å². The fourth-order valence-corrected chi connectivity index (χ4v) is 5.00. The van der Waals surface area contributed by atoms with Gasteiger partial charge in [-0.3, -0.25) is 4.79 Å². The molecule has 2 atom stereocenters. The Kier molecular flexibility index (Phi) is 3.06. The van der Waals surface area contributed by atoms with Gasteiger partial charge in [0.1, 0.15) is 5.78 Å². The molecule has 0 radical (unpaired) electrons. The third-order valence-corrected chi connectivity index (χ3v) is 6.38. The first-order chi connectivity index (χ1) is 10.9. The molecule has 3 nitrogen and oxygen atoms in total. The second kappa shape index (κ2) is 4.80. The zero-order chi connectivity index (χ0) is 16.2.